The molecule has 1 aliphatic rings. The van der Waals surface area contributed by atoms with Crippen LogP contribution in [0.5, 0.6) is 0 Å². The third-order valence-corrected chi connectivity index (χ3v) is 4.05. The van der Waals surface area contributed by atoms with E-state index in [4.69, 9.17) is 14.4 Å². The topological polar surface area (TPSA) is 166 Å². The molecule has 0 aliphatic carbocycles. The van der Waals surface area contributed by atoms with Crippen molar-refractivity contribution in [1.29, 1.82) is 0 Å². The fourth-order valence-corrected chi connectivity index (χ4v) is 2.91. The number of ether oxygens (including phenoxy) is 1. The van der Waals surface area contributed by atoms with Gasteiger partial charge in [0.2, 0.25) is 0 Å². The molecule has 0 saturated carbocycles. The van der Waals surface area contributed by atoms with E-state index in [9.17, 15) is 23.7 Å². The maximum absolute atomic E-state index is 10.5. The van der Waals surface area contributed by atoms with Gasteiger partial charge in [-0.15, -0.1) is 6.58 Å². The normalized spacial score (nSPS) is 32.0. The van der Waals surface area contributed by atoms with Crippen molar-refractivity contribution in [3.8, 4) is 0 Å². The van der Waals surface area contributed by atoms with Crippen LogP contribution in [0.3, 0.4) is 0 Å². The van der Waals surface area contributed by atoms with Crippen LogP contribution in [0.2, 0.25) is 0 Å². The Bertz CT molecular complexity index is 512. The number of hydrogen-bond donors (Lipinski definition) is 5. The number of thioether (sulfide) groups is 1. The van der Waals surface area contributed by atoms with E-state index in [0.717, 1.165) is 0 Å². The molecule has 0 unspecified atom stereocenters. The first-order valence-corrected chi connectivity index (χ1v) is 8.25. The first-order chi connectivity index (χ1) is 10.2. The number of hydrogen-bond acceptors (Lipinski definition) is 10. The molecule has 1 radical (unpaired) electrons. The van der Waals surface area contributed by atoms with E-state index in [0.29, 0.717) is 11.8 Å². The zero-order valence-electron chi connectivity index (χ0n) is 12.2. The summed E-state index contributed by atoms with van der Waals surface area (Å²) in [6.07, 6.45) is -4.34. The minimum absolute atomic E-state index is 0. The Hall–Kier alpha value is 0.906. The van der Waals surface area contributed by atoms with Gasteiger partial charge in [0.15, 0.2) is 0 Å². The summed E-state index contributed by atoms with van der Waals surface area (Å²) in [6, 6.07) is 0. The summed E-state index contributed by atoms with van der Waals surface area (Å²) in [4.78, 5) is 0. The van der Waals surface area contributed by atoms with Crippen LogP contribution in [-0.2, 0) is 19.4 Å². The maximum Gasteiger partial charge on any atom is 0.466 e. The van der Waals surface area contributed by atoms with E-state index in [-0.39, 0.29) is 62.8 Å². The minimum Gasteiger partial charge on any atom is -0.394 e. The number of nitrogens with zero attached hydrogens (tertiary/aromatic N) is 1. The Kier molecular flexibility index (Phi) is 11.2. The molecule has 1 heterocycles. The second-order valence-corrected chi connectivity index (χ2v) is 6.47. The van der Waals surface area contributed by atoms with Gasteiger partial charge in [-0.3, -0.25) is 4.55 Å². The van der Waals surface area contributed by atoms with Gasteiger partial charge < -0.3 is 25.2 Å². The van der Waals surface area contributed by atoms with Gasteiger partial charge in [-0.05, 0) is 0 Å². The summed E-state index contributed by atoms with van der Waals surface area (Å²) >= 11 is 0.688. The second-order valence-electron chi connectivity index (χ2n) is 4.30. The van der Waals surface area contributed by atoms with Crippen LogP contribution in [0.25, 0.3) is 0 Å². The molecule has 0 bridgehead atoms. The van der Waals surface area contributed by atoms with E-state index in [1.807, 2.05) is 0 Å². The first-order valence-electron chi connectivity index (χ1n) is 6.00. The monoisotopic (exact) mass is 398 g/mol. The van der Waals surface area contributed by atoms with Crippen LogP contribution in [0.1, 0.15) is 6.42 Å². The molecule has 0 amide bonds. The summed E-state index contributed by atoms with van der Waals surface area (Å²) in [6.45, 7) is 2.82. The first kappa shape index (κ1) is 23.9. The average molecular weight is 398 g/mol. The van der Waals surface area contributed by atoms with Crippen molar-refractivity contribution in [2.75, 3.05) is 6.61 Å². The Morgan fingerprint density at radius 3 is 2.39 bits per heavy atom. The second kappa shape index (κ2) is 10.8. The van der Waals surface area contributed by atoms with Crippen molar-refractivity contribution >= 4 is 78.6 Å². The van der Waals surface area contributed by atoms with Crippen LogP contribution < -0.4 is 0 Å². The summed E-state index contributed by atoms with van der Waals surface area (Å²) in [7, 11) is -4.79. The van der Waals surface area contributed by atoms with E-state index in [1.165, 1.54) is 6.08 Å². The molecule has 129 valence electrons. The van der Waals surface area contributed by atoms with Gasteiger partial charge in [-0.2, -0.15) is 8.42 Å². The third kappa shape index (κ3) is 7.77. The smallest absolute Gasteiger partial charge is 0.394 e. The molecule has 1 saturated heterocycles. The van der Waals surface area contributed by atoms with Crippen LogP contribution in [0, 0.1) is 0 Å². The van der Waals surface area contributed by atoms with Crippen LogP contribution >= 0.6 is 11.8 Å². The number of rotatable bonds is 6. The van der Waals surface area contributed by atoms with Crippen molar-refractivity contribution in [2.24, 2.45) is 5.16 Å². The maximum atomic E-state index is 10.5. The van der Waals surface area contributed by atoms with Crippen LogP contribution in [0.15, 0.2) is 17.8 Å². The zero-order chi connectivity index (χ0) is 16.9. The van der Waals surface area contributed by atoms with Crippen molar-refractivity contribution in [1.82, 2.24) is 0 Å². The third-order valence-electron chi connectivity index (χ3n) is 2.65. The van der Waals surface area contributed by atoms with Crippen molar-refractivity contribution in [2.45, 2.75) is 36.3 Å². The summed E-state index contributed by atoms with van der Waals surface area (Å²) < 4.78 is 38.5. The van der Waals surface area contributed by atoms with Crippen molar-refractivity contribution < 1.29 is 42.4 Å². The SMILES string of the molecule is C=CC/C(=N\OS(=O)(=O)O)S[C@@H]1O[C@H](CO)[C@@H](O)[C@H](O)[C@H]1O.[K]. The summed E-state index contributed by atoms with van der Waals surface area (Å²) in [5, 5.41) is 41.3. The van der Waals surface area contributed by atoms with Crippen molar-refractivity contribution in [3.63, 3.8) is 0 Å². The Balaban J connectivity index is 0.00000484. The number of oxime groups is 1. The van der Waals surface area contributed by atoms with Gasteiger partial charge in [-0.1, -0.05) is 23.0 Å². The molecule has 10 nitrogen and oxygen atoms in total. The molecule has 1 aliphatic heterocycles. The van der Waals surface area contributed by atoms with E-state index >= 15 is 0 Å². The molecule has 0 aromatic heterocycles. The molecule has 5 atom stereocenters. The van der Waals surface area contributed by atoms with Crippen molar-refractivity contribution in [3.05, 3.63) is 12.7 Å². The average Bonchev–Trinajstić information content (AvgIpc) is 2.44. The Labute approximate surface area is 179 Å². The molecule has 0 aromatic carbocycles. The Morgan fingerprint density at radius 2 is 1.91 bits per heavy atom. The molecule has 1 rings (SSSR count). The van der Waals surface area contributed by atoms with Gasteiger partial charge in [0.05, 0.1) is 6.61 Å². The molecule has 13 heteroatoms. The van der Waals surface area contributed by atoms with E-state index in [2.05, 4.69) is 16.0 Å². The summed E-state index contributed by atoms with van der Waals surface area (Å²) in [5.74, 6) is 0. The van der Waals surface area contributed by atoms with Gasteiger partial charge in [0.1, 0.15) is 34.9 Å². The van der Waals surface area contributed by atoms with E-state index < -0.39 is 46.9 Å². The fraction of sp³-hybridized carbons (Fsp3) is 0.700. The molecule has 23 heavy (non-hydrogen) atoms. The number of aliphatic hydroxyl groups is 4. The van der Waals surface area contributed by atoms with Gasteiger partial charge in [0.25, 0.3) is 0 Å². The molecule has 0 spiro atoms. The van der Waals surface area contributed by atoms with Crippen LogP contribution in [0.4, 0.5) is 0 Å². The molecular formula is C10H17KNO9S2. The molecule has 0 aromatic rings. The molecule has 1 fully saturated rings. The molecule has 5 N–H and O–H groups in total. The number of aliphatic hydroxyl groups excluding tert-OH is 4. The fourth-order valence-electron chi connectivity index (χ4n) is 1.62. The summed E-state index contributed by atoms with van der Waals surface area (Å²) in [5.41, 5.74) is -1.15. The predicted octanol–water partition coefficient (Wildman–Crippen LogP) is -2.15. The minimum atomic E-state index is -4.79. The quantitative estimate of drug-likeness (QED) is 0.0831. The largest absolute Gasteiger partial charge is 0.466 e. The Morgan fingerprint density at radius 1 is 1.30 bits per heavy atom. The van der Waals surface area contributed by atoms with Gasteiger partial charge in [-0.25, -0.2) is 4.28 Å². The molecular weight excluding hydrogens is 381 g/mol. The zero-order valence-corrected chi connectivity index (χ0v) is 17.0. The standard InChI is InChI=1S/C10H17NO9S2.K/c1-2-3-6(11-20-22(16,17)18)21-10-9(15)8(14)7(13)5(4-12)19-10;/h2,5,7-10,12-15H,1,3-4H2,(H,16,17,18);/b11-6+;/t5-,7-,8+,9-,10+;/m1./s1. The van der Waals surface area contributed by atoms with Gasteiger partial charge >= 0.3 is 10.4 Å². The van der Waals surface area contributed by atoms with Gasteiger partial charge in [0, 0.05) is 57.8 Å². The number of allylic oxidation sites excluding steroid dienone is 1. The van der Waals surface area contributed by atoms with Crippen LogP contribution in [-0.4, -0.2) is 126 Å². The predicted molar refractivity (Wildman–Crippen MR) is 82.0 cm³/mol. The van der Waals surface area contributed by atoms with E-state index in [1.54, 1.807) is 0 Å².